The highest BCUT2D eigenvalue weighted by atomic mass is 16.5. The summed E-state index contributed by atoms with van der Waals surface area (Å²) in [5.41, 5.74) is -1.17. The zero-order valence-electron chi connectivity index (χ0n) is 32.9. The van der Waals surface area contributed by atoms with Gasteiger partial charge in [-0.1, -0.05) is 39.5 Å². The molecule has 0 radical (unpaired) electrons. The SMILES string of the molecule is CCNC(=O)CCOCC(COCCC(=O)NCC)(COCCC(=O)NCC)NC(=O)CCCC(=O)NCC(C)CC(CC)COC1CCCCC1. The molecule has 0 aromatic carbocycles. The van der Waals surface area contributed by atoms with Crippen LogP contribution in [0, 0.1) is 11.8 Å². The van der Waals surface area contributed by atoms with Crippen LogP contribution in [-0.2, 0) is 42.9 Å². The predicted molar refractivity (Wildman–Crippen MR) is 200 cm³/mol. The second-order valence-corrected chi connectivity index (χ2v) is 14.0. The van der Waals surface area contributed by atoms with E-state index in [0.29, 0.717) is 50.5 Å². The van der Waals surface area contributed by atoms with Crippen LogP contribution < -0.4 is 26.6 Å². The van der Waals surface area contributed by atoms with E-state index in [1.165, 1.54) is 19.3 Å². The molecule has 0 aromatic rings. The molecule has 0 heterocycles. The number of ether oxygens (including phenoxy) is 4. The molecule has 1 fully saturated rings. The molecule has 1 saturated carbocycles. The Morgan fingerprint density at radius 1 is 0.635 bits per heavy atom. The van der Waals surface area contributed by atoms with Crippen molar-refractivity contribution in [1.82, 2.24) is 26.6 Å². The largest absolute Gasteiger partial charge is 0.378 e. The van der Waals surface area contributed by atoms with E-state index in [1.807, 2.05) is 20.8 Å². The Balaban J connectivity index is 2.73. The molecule has 1 aliphatic rings. The summed E-state index contributed by atoms with van der Waals surface area (Å²) in [5.74, 6) is -0.127. The molecule has 0 spiro atoms. The molecule has 1 rings (SSSR count). The zero-order chi connectivity index (χ0) is 38.5. The van der Waals surface area contributed by atoms with Crippen molar-refractivity contribution in [2.75, 3.05) is 72.4 Å². The molecule has 0 saturated heterocycles. The fourth-order valence-electron chi connectivity index (χ4n) is 6.04. The van der Waals surface area contributed by atoms with E-state index < -0.39 is 5.54 Å². The monoisotopic (exact) mass is 742 g/mol. The van der Waals surface area contributed by atoms with Gasteiger partial charge in [-0.05, 0) is 58.3 Å². The maximum absolute atomic E-state index is 13.3. The van der Waals surface area contributed by atoms with Gasteiger partial charge in [0.05, 0.1) is 45.7 Å². The number of hydrogen-bond donors (Lipinski definition) is 5. The lowest BCUT2D eigenvalue weighted by Crippen LogP contribution is -2.58. The topological polar surface area (TPSA) is 182 Å². The number of carbonyl (C=O) groups excluding carboxylic acids is 5. The van der Waals surface area contributed by atoms with Crippen LogP contribution in [0.15, 0.2) is 0 Å². The molecule has 5 N–H and O–H groups in total. The second-order valence-electron chi connectivity index (χ2n) is 14.0. The third kappa shape index (κ3) is 23.7. The van der Waals surface area contributed by atoms with Gasteiger partial charge < -0.3 is 45.5 Å². The van der Waals surface area contributed by atoms with Crippen molar-refractivity contribution in [3.05, 3.63) is 0 Å². The van der Waals surface area contributed by atoms with Gasteiger partial charge in [-0.25, -0.2) is 0 Å². The summed E-state index contributed by atoms with van der Waals surface area (Å²) < 4.78 is 23.8. The van der Waals surface area contributed by atoms with Gasteiger partial charge >= 0.3 is 0 Å². The third-order valence-corrected chi connectivity index (χ3v) is 8.97. The number of amides is 5. The summed E-state index contributed by atoms with van der Waals surface area (Å²) in [6, 6.07) is 0. The number of hydrogen-bond acceptors (Lipinski definition) is 9. The van der Waals surface area contributed by atoms with Crippen molar-refractivity contribution in [3.8, 4) is 0 Å². The first-order chi connectivity index (χ1) is 25.1. The standard InChI is InChI=1S/C38H71N5O9/c1-6-31(26-52-32-14-11-10-12-15-32)24-30(5)25-42-33(44)16-13-17-37(48)43-38(27-49-21-18-34(45)39-7-2,28-50-22-19-35(46)40-8-3)29-51-23-20-36(47)41-9-4/h30-32H,6-29H2,1-5H3,(H,39,45)(H,40,46)(H,41,47)(H,42,44)(H,43,48). The average Bonchev–Trinajstić information content (AvgIpc) is 3.12. The van der Waals surface area contributed by atoms with Gasteiger partial charge in [0.25, 0.3) is 0 Å². The Labute approximate surface area is 312 Å². The van der Waals surface area contributed by atoms with Crippen molar-refractivity contribution in [3.63, 3.8) is 0 Å². The average molecular weight is 742 g/mol. The van der Waals surface area contributed by atoms with Crippen LogP contribution >= 0.6 is 0 Å². The summed E-state index contributed by atoms with van der Waals surface area (Å²) in [6.07, 6.45) is 9.57. The number of nitrogens with one attached hydrogen (secondary N) is 5. The molecule has 0 aliphatic heterocycles. The summed E-state index contributed by atoms with van der Waals surface area (Å²) >= 11 is 0. The lowest BCUT2D eigenvalue weighted by atomic mass is 9.93. The van der Waals surface area contributed by atoms with Gasteiger partial charge in [0.15, 0.2) is 0 Å². The van der Waals surface area contributed by atoms with Gasteiger partial charge in [-0.3, -0.25) is 24.0 Å². The minimum absolute atomic E-state index is 0.0384. The number of carbonyl (C=O) groups is 5. The predicted octanol–water partition coefficient (Wildman–Crippen LogP) is 3.16. The molecule has 0 bridgehead atoms. The van der Waals surface area contributed by atoms with Crippen molar-refractivity contribution < 1.29 is 42.9 Å². The van der Waals surface area contributed by atoms with Crippen LogP contribution in [0.2, 0.25) is 0 Å². The highest BCUT2D eigenvalue weighted by Gasteiger charge is 2.34. The normalized spacial score (nSPS) is 14.6. The van der Waals surface area contributed by atoms with E-state index in [9.17, 15) is 24.0 Å². The Hall–Kier alpha value is -2.81. The van der Waals surface area contributed by atoms with E-state index >= 15 is 0 Å². The van der Waals surface area contributed by atoms with Crippen LogP contribution in [-0.4, -0.2) is 114 Å². The van der Waals surface area contributed by atoms with Crippen LogP contribution in [0.3, 0.4) is 0 Å². The quantitative estimate of drug-likeness (QED) is 0.0667. The molecule has 14 nitrogen and oxygen atoms in total. The first-order valence-electron chi connectivity index (χ1n) is 19.8. The van der Waals surface area contributed by atoms with E-state index in [2.05, 4.69) is 40.4 Å². The fraction of sp³-hybridized carbons (Fsp3) is 0.868. The lowest BCUT2D eigenvalue weighted by Gasteiger charge is -2.34. The minimum atomic E-state index is -1.17. The van der Waals surface area contributed by atoms with E-state index in [4.69, 9.17) is 18.9 Å². The highest BCUT2D eigenvalue weighted by Crippen LogP contribution is 2.23. The molecule has 0 aromatic heterocycles. The van der Waals surface area contributed by atoms with Crippen molar-refractivity contribution in [2.24, 2.45) is 11.8 Å². The summed E-state index contributed by atoms with van der Waals surface area (Å²) in [4.78, 5) is 61.9. The fourth-order valence-corrected chi connectivity index (χ4v) is 6.04. The van der Waals surface area contributed by atoms with Crippen molar-refractivity contribution >= 4 is 29.5 Å². The van der Waals surface area contributed by atoms with Crippen LogP contribution in [0.25, 0.3) is 0 Å². The highest BCUT2D eigenvalue weighted by molar-refractivity contribution is 5.79. The van der Waals surface area contributed by atoms with E-state index in [-0.39, 0.29) is 101 Å². The molecule has 2 atom stereocenters. The second kappa shape index (κ2) is 29.6. The molecule has 1 aliphatic carbocycles. The van der Waals surface area contributed by atoms with Crippen LogP contribution in [0.5, 0.6) is 0 Å². The van der Waals surface area contributed by atoms with Gasteiger partial charge in [0.1, 0.15) is 5.54 Å². The zero-order valence-corrected chi connectivity index (χ0v) is 32.9. The minimum Gasteiger partial charge on any atom is -0.378 e. The molecule has 52 heavy (non-hydrogen) atoms. The van der Waals surface area contributed by atoms with Crippen molar-refractivity contribution in [2.45, 2.75) is 130 Å². The summed E-state index contributed by atoms with van der Waals surface area (Å²) in [7, 11) is 0. The molecular formula is C38H71N5O9. The summed E-state index contributed by atoms with van der Waals surface area (Å²) in [5, 5.41) is 14.2. The third-order valence-electron chi connectivity index (χ3n) is 8.97. The first-order valence-corrected chi connectivity index (χ1v) is 19.8. The maximum Gasteiger partial charge on any atom is 0.222 e. The van der Waals surface area contributed by atoms with E-state index in [1.54, 1.807) is 0 Å². The first kappa shape index (κ1) is 47.2. The smallest absolute Gasteiger partial charge is 0.222 e. The van der Waals surface area contributed by atoms with Crippen molar-refractivity contribution in [1.29, 1.82) is 0 Å². The van der Waals surface area contributed by atoms with Gasteiger partial charge in [0, 0.05) is 64.9 Å². The van der Waals surface area contributed by atoms with Gasteiger partial charge in [0.2, 0.25) is 29.5 Å². The van der Waals surface area contributed by atoms with Gasteiger partial charge in [-0.2, -0.15) is 0 Å². The Bertz CT molecular complexity index is 945. The molecule has 5 amide bonds. The van der Waals surface area contributed by atoms with Crippen LogP contribution in [0.1, 0.15) is 118 Å². The van der Waals surface area contributed by atoms with E-state index in [0.717, 1.165) is 32.3 Å². The Morgan fingerprint density at radius 3 is 1.56 bits per heavy atom. The Morgan fingerprint density at radius 2 is 1.10 bits per heavy atom. The van der Waals surface area contributed by atoms with Crippen LogP contribution in [0.4, 0.5) is 0 Å². The Kier molecular flexibility index (Phi) is 26.9. The molecular weight excluding hydrogens is 670 g/mol. The maximum atomic E-state index is 13.3. The molecule has 302 valence electrons. The molecule has 14 heteroatoms. The summed E-state index contributed by atoms with van der Waals surface area (Å²) in [6.45, 7) is 12.9. The lowest BCUT2D eigenvalue weighted by molar-refractivity contribution is -0.131. The number of rotatable bonds is 31. The molecule has 2 unspecified atom stereocenters. The van der Waals surface area contributed by atoms with Gasteiger partial charge in [-0.15, -0.1) is 0 Å².